The molecular weight excluding hydrogens is 329 g/mol. The molecule has 0 saturated heterocycles. The van der Waals surface area contributed by atoms with Gasteiger partial charge >= 0.3 is 0 Å². The molecule has 2 aromatic carbocycles. The van der Waals surface area contributed by atoms with Crippen LogP contribution in [-0.2, 0) is 14.6 Å². The molecule has 0 aromatic heterocycles. The number of rotatable bonds is 6. The van der Waals surface area contributed by atoms with Gasteiger partial charge < -0.3 is 5.32 Å². The van der Waals surface area contributed by atoms with Crippen molar-refractivity contribution in [2.45, 2.75) is 25.1 Å². The molecule has 0 saturated carbocycles. The first kappa shape index (κ1) is 18.1. The summed E-state index contributed by atoms with van der Waals surface area (Å²) in [6, 6.07) is 14.3. The molecule has 0 aliphatic carbocycles. The molecule has 0 fully saturated rings. The Morgan fingerprint density at radius 2 is 1.67 bits per heavy atom. The molecule has 0 aliphatic rings. The van der Waals surface area contributed by atoms with Crippen LogP contribution in [0.25, 0.3) is 0 Å². The van der Waals surface area contributed by atoms with Crippen LogP contribution in [0.5, 0.6) is 0 Å². The first-order valence-electron chi connectivity index (χ1n) is 7.61. The quantitative estimate of drug-likeness (QED) is 0.872. The smallest absolute Gasteiger partial charge is 0.235 e. The van der Waals surface area contributed by atoms with Crippen molar-refractivity contribution in [2.75, 3.05) is 5.75 Å². The Kier molecular flexibility index (Phi) is 5.72. The van der Waals surface area contributed by atoms with E-state index in [1.807, 2.05) is 6.07 Å². The van der Waals surface area contributed by atoms with Crippen LogP contribution in [0, 0.1) is 5.82 Å². The van der Waals surface area contributed by atoms with E-state index in [2.05, 4.69) is 5.32 Å². The normalized spacial score (nSPS) is 12.8. The lowest BCUT2D eigenvalue weighted by Crippen LogP contribution is -2.36. The first-order chi connectivity index (χ1) is 11.3. The van der Waals surface area contributed by atoms with Gasteiger partial charge in [-0.15, -0.1) is 0 Å². The molecule has 2 rings (SSSR count). The summed E-state index contributed by atoms with van der Waals surface area (Å²) in [5.41, 5.74) is 1.30. The third-order valence-electron chi connectivity index (χ3n) is 3.67. The molecule has 0 aliphatic heterocycles. The average molecular weight is 349 g/mol. The summed E-state index contributed by atoms with van der Waals surface area (Å²) in [6.07, 6.45) is 0. The number of benzene rings is 2. The zero-order valence-corrected chi connectivity index (χ0v) is 14.4. The van der Waals surface area contributed by atoms with Gasteiger partial charge in [0.25, 0.3) is 0 Å². The van der Waals surface area contributed by atoms with Crippen molar-refractivity contribution in [3.8, 4) is 0 Å². The maximum Gasteiger partial charge on any atom is 0.235 e. The van der Waals surface area contributed by atoms with Crippen LogP contribution in [0.15, 0.2) is 54.6 Å². The Bertz CT molecular complexity index is 804. The Morgan fingerprint density at radius 3 is 2.25 bits per heavy atom. The van der Waals surface area contributed by atoms with E-state index in [-0.39, 0.29) is 0 Å². The monoisotopic (exact) mass is 349 g/mol. The number of carbonyl (C=O) groups excluding carboxylic acids is 1. The molecule has 0 spiro atoms. The minimum absolute atomic E-state index is 0.419. The third kappa shape index (κ3) is 4.64. The third-order valence-corrected chi connectivity index (χ3v) is 5.77. The van der Waals surface area contributed by atoms with Gasteiger partial charge in [-0.2, -0.15) is 0 Å². The fourth-order valence-electron chi connectivity index (χ4n) is 2.24. The van der Waals surface area contributed by atoms with E-state index < -0.39 is 38.6 Å². The van der Waals surface area contributed by atoms with E-state index >= 15 is 0 Å². The van der Waals surface area contributed by atoms with Gasteiger partial charge in [-0.25, -0.2) is 12.8 Å². The van der Waals surface area contributed by atoms with Gasteiger partial charge in [-0.3, -0.25) is 4.79 Å². The lowest BCUT2D eigenvalue weighted by molar-refractivity contribution is -0.119. The van der Waals surface area contributed by atoms with Crippen LogP contribution < -0.4 is 5.32 Å². The van der Waals surface area contributed by atoms with E-state index in [0.717, 1.165) is 5.56 Å². The first-order valence-corrected chi connectivity index (χ1v) is 9.32. The molecule has 2 aromatic rings. The second-order valence-corrected chi connectivity index (χ2v) is 8.38. The summed E-state index contributed by atoms with van der Waals surface area (Å²) in [4.78, 5) is 12.2. The highest BCUT2D eigenvalue weighted by molar-refractivity contribution is 7.92. The highest BCUT2D eigenvalue weighted by atomic mass is 32.2. The van der Waals surface area contributed by atoms with Gasteiger partial charge in [0.15, 0.2) is 9.84 Å². The van der Waals surface area contributed by atoms with Crippen LogP contribution >= 0.6 is 0 Å². The molecule has 128 valence electrons. The van der Waals surface area contributed by atoms with Crippen molar-refractivity contribution >= 4 is 15.7 Å². The lowest BCUT2D eigenvalue weighted by atomic mass is 9.98. The van der Waals surface area contributed by atoms with Crippen molar-refractivity contribution in [3.05, 3.63) is 71.5 Å². The van der Waals surface area contributed by atoms with E-state index in [4.69, 9.17) is 0 Å². The molecule has 0 radical (unpaired) electrons. The van der Waals surface area contributed by atoms with Crippen LogP contribution in [0.4, 0.5) is 4.39 Å². The van der Waals surface area contributed by atoms with E-state index in [9.17, 15) is 17.6 Å². The second-order valence-electron chi connectivity index (χ2n) is 5.82. The predicted octanol–water partition coefficient (Wildman–Crippen LogP) is 2.85. The van der Waals surface area contributed by atoms with E-state index in [1.54, 1.807) is 36.4 Å². The number of hydrogen-bond acceptors (Lipinski definition) is 3. The zero-order chi connectivity index (χ0) is 17.7. The fourth-order valence-corrected chi connectivity index (χ4v) is 3.02. The van der Waals surface area contributed by atoms with Gasteiger partial charge in [0.05, 0.1) is 11.3 Å². The van der Waals surface area contributed by atoms with Crippen molar-refractivity contribution < 1.29 is 17.6 Å². The highest BCUT2D eigenvalue weighted by Crippen LogP contribution is 2.22. The second kappa shape index (κ2) is 7.57. The number of halogens is 1. The molecule has 1 amide bonds. The van der Waals surface area contributed by atoms with Gasteiger partial charge in [0.2, 0.25) is 5.91 Å². The Balaban J connectivity index is 2.29. The summed E-state index contributed by atoms with van der Waals surface area (Å²) < 4.78 is 37.4. The fraction of sp³-hybridized carbons (Fsp3) is 0.278. The average Bonchev–Trinajstić information content (AvgIpc) is 2.53. The molecule has 0 unspecified atom stereocenters. The van der Waals surface area contributed by atoms with Gasteiger partial charge in [-0.05, 0) is 37.1 Å². The Morgan fingerprint density at radius 1 is 1.04 bits per heavy atom. The Hall–Kier alpha value is -2.21. The van der Waals surface area contributed by atoms with E-state index in [1.165, 1.54) is 26.0 Å². The lowest BCUT2D eigenvalue weighted by Gasteiger charge is -2.20. The summed E-state index contributed by atoms with van der Waals surface area (Å²) in [5, 5.41) is 2.07. The van der Waals surface area contributed by atoms with Crippen LogP contribution in [0.2, 0.25) is 0 Å². The standard InChI is InChI=1S/C18H20FNO3S/c1-13(2)24(22,23)12-17(21)20-18(14-7-4-3-5-8-14)15-9-6-10-16(19)11-15/h3-11,13,18H,12H2,1-2H3,(H,20,21)/t18-/m0/s1. The molecule has 24 heavy (non-hydrogen) atoms. The van der Waals surface area contributed by atoms with Crippen LogP contribution in [-0.4, -0.2) is 25.3 Å². The summed E-state index contributed by atoms with van der Waals surface area (Å²) in [6.45, 7) is 3.06. The number of amides is 1. The van der Waals surface area contributed by atoms with Gasteiger partial charge in [0, 0.05) is 0 Å². The maximum atomic E-state index is 13.5. The number of sulfone groups is 1. The summed E-state index contributed by atoms with van der Waals surface area (Å²) in [5.74, 6) is -1.62. The molecule has 0 bridgehead atoms. The van der Waals surface area contributed by atoms with Crippen molar-refractivity contribution in [1.82, 2.24) is 5.32 Å². The van der Waals surface area contributed by atoms with Crippen molar-refractivity contribution in [2.24, 2.45) is 0 Å². The van der Waals surface area contributed by atoms with Gasteiger partial charge in [-0.1, -0.05) is 42.5 Å². The minimum Gasteiger partial charge on any atom is -0.344 e. The number of nitrogens with one attached hydrogen (secondary N) is 1. The minimum atomic E-state index is -3.50. The highest BCUT2D eigenvalue weighted by Gasteiger charge is 2.24. The van der Waals surface area contributed by atoms with Crippen molar-refractivity contribution in [1.29, 1.82) is 0 Å². The number of hydrogen-bond donors (Lipinski definition) is 1. The summed E-state index contributed by atoms with van der Waals surface area (Å²) >= 11 is 0. The SMILES string of the molecule is CC(C)S(=O)(=O)CC(=O)N[C@@H](c1ccccc1)c1cccc(F)c1. The van der Waals surface area contributed by atoms with Crippen LogP contribution in [0.1, 0.15) is 31.0 Å². The predicted molar refractivity (Wildman–Crippen MR) is 91.8 cm³/mol. The molecule has 4 nitrogen and oxygen atoms in total. The molecular formula is C18H20FNO3S. The van der Waals surface area contributed by atoms with Gasteiger partial charge in [0.1, 0.15) is 11.6 Å². The maximum absolute atomic E-state index is 13.5. The van der Waals surface area contributed by atoms with Crippen molar-refractivity contribution in [3.63, 3.8) is 0 Å². The Labute approximate surface area is 141 Å². The molecule has 0 heterocycles. The summed E-state index contributed by atoms with van der Waals surface area (Å²) in [7, 11) is -3.50. The molecule has 1 N–H and O–H groups in total. The number of carbonyl (C=O) groups is 1. The topological polar surface area (TPSA) is 63.2 Å². The van der Waals surface area contributed by atoms with E-state index in [0.29, 0.717) is 5.56 Å². The molecule has 6 heteroatoms. The zero-order valence-electron chi connectivity index (χ0n) is 13.6. The largest absolute Gasteiger partial charge is 0.344 e. The van der Waals surface area contributed by atoms with Crippen LogP contribution in [0.3, 0.4) is 0 Å². The molecule has 1 atom stereocenters.